The first kappa shape index (κ1) is 72.4. The molecule has 1 aliphatic heterocycles. The number of ether oxygens (including phenoxy) is 3. The van der Waals surface area contributed by atoms with Crippen LogP contribution in [0.5, 0.6) is 0 Å². The largest absolute Gasteiger partial charge is 0.454 e. The van der Waals surface area contributed by atoms with Crippen molar-refractivity contribution in [3.8, 4) is 0 Å². The molecular formula is C66H119NO10. The van der Waals surface area contributed by atoms with Crippen molar-refractivity contribution in [3.05, 3.63) is 60.8 Å². The topological polar surface area (TPSA) is 175 Å². The fourth-order valence-electron chi connectivity index (χ4n) is 9.77. The number of unbranched alkanes of at least 4 members (excludes halogenated alkanes) is 32. The molecule has 1 heterocycles. The molecule has 0 aliphatic carbocycles. The number of amides is 1. The molecule has 8 atom stereocenters. The van der Waals surface area contributed by atoms with Gasteiger partial charge in [0.15, 0.2) is 12.4 Å². The second kappa shape index (κ2) is 54.0. The van der Waals surface area contributed by atoms with Crippen LogP contribution in [0.4, 0.5) is 0 Å². The van der Waals surface area contributed by atoms with Crippen molar-refractivity contribution in [3.63, 3.8) is 0 Å². The van der Waals surface area contributed by atoms with E-state index in [1.54, 1.807) is 6.08 Å². The predicted octanol–water partition coefficient (Wildman–Crippen LogP) is 15.4. The zero-order valence-corrected chi connectivity index (χ0v) is 49.6. The predicted molar refractivity (Wildman–Crippen MR) is 320 cm³/mol. The maximum Gasteiger partial charge on any atom is 0.306 e. The van der Waals surface area contributed by atoms with Crippen LogP contribution in [0, 0.1) is 0 Å². The minimum absolute atomic E-state index is 0.119. The van der Waals surface area contributed by atoms with Gasteiger partial charge in [-0.3, -0.25) is 9.59 Å². The van der Waals surface area contributed by atoms with Gasteiger partial charge in [-0.15, -0.1) is 0 Å². The maximum atomic E-state index is 13.4. The van der Waals surface area contributed by atoms with Gasteiger partial charge in [0.25, 0.3) is 0 Å². The van der Waals surface area contributed by atoms with Crippen LogP contribution in [0.3, 0.4) is 0 Å². The third kappa shape index (κ3) is 42.0. The lowest BCUT2D eigenvalue weighted by Crippen LogP contribution is -2.61. The van der Waals surface area contributed by atoms with Crippen molar-refractivity contribution in [2.75, 3.05) is 13.2 Å². The van der Waals surface area contributed by atoms with Crippen LogP contribution in [-0.2, 0) is 23.8 Å². The highest BCUT2D eigenvalue weighted by Crippen LogP contribution is 2.26. The lowest BCUT2D eigenvalue weighted by Gasteiger charge is -2.41. The monoisotopic (exact) mass is 1090 g/mol. The summed E-state index contributed by atoms with van der Waals surface area (Å²) in [5, 5.41) is 57.0. The van der Waals surface area contributed by atoms with Gasteiger partial charge < -0.3 is 45.1 Å². The Morgan fingerprint density at radius 2 is 0.896 bits per heavy atom. The summed E-state index contributed by atoms with van der Waals surface area (Å²) in [5.74, 6) is -1.21. The second-order valence-electron chi connectivity index (χ2n) is 22.1. The molecule has 1 fully saturated rings. The molecule has 0 aromatic rings. The van der Waals surface area contributed by atoms with Gasteiger partial charge in [-0.25, -0.2) is 0 Å². The van der Waals surface area contributed by atoms with Crippen LogP contribution in [0.1, 0.15) is 284 Å². The quantitative estimate of drug-likeness (QED) is 0.0195. The number of rotatable bonds is 54. The number of allylic oxidation sites excluding steroid dienone is 9. The van der Waals surface area contributed by atoms with E-state index in [1.807, 2.05) is 6.08 Å². The number of hydrogen-bond acceptors (Lipinski definition) is 10. The Bertz CT molecular complexity index is 1480. The second-order valence-corrected chi connectivity index (χ2v) is 22.1. The average molecular weight is 1090 g/mol. The molecule has 11 heteroatoms. The van der Waals surface area contributed by atoms with Crippen molar-refractivity contribution in [2.45, 2.75) is 333 Å². The molecule has 77 heavy (non-hydrogen) atoms. The highest BCUT2D eigenvalue weighted by atomic mass is 16.7. The van der Waals surface area contributed by atoms with Crippen LogP contribution in [-0.4, -0.2) is 99.6 Å². The SMILES string of the molecule is CCCCC/C=C\C/C=C\C/C=C\CCCCCCCC(O)C(=O)NC(COC1OC(CO)C(O)C(O)C1OC(=O)CCCCCCCCCCC/C=C/CCCCCCCC)C(O)/C=C/CCCCCCCCCCC. The Morgan fingerprint density at radius 1 is 0.506 bits per heavy atom. The Kier molecular flexibility index (Phi) is 50.7. The molecule has 1 aliphatic rings. The van der Waals surface area contributed by atoms with Crippen molar-refractivity contribution in [1.82, 2.24) is 5.32 Å². The lowest BCUT2D eigenvalue weighted by atomic mass is 9.99. The first-order valence-corrected chi connectivity index (χ1v) is 32.1. The molecule has 0 bridgehead atoms. The van der Waals surface area contributed by atoms with Gasteiger partial charge in [0.2, 0.25) is 5.91 Å². The van der Waals surface area contributed by atoms with E-state index in [9.17, 15) is 35.1 Å². The molecular weight excluding hydrogens is 967 g/mol. The molecule has 0 spiro atoms. The van der Waals surface area contributed by atoms with Gasteiger partial charge in [-0.2, -0.15) is 0 Å². The van der Waals surface area contributed by atoms with Gasteiger partial charge in [-0.05, 0) is 89.9 Å². The smallest absolute Gasteiger partial charge is 0.306 e. The molecule has 0 aromatic heterocycles. The Hall–Kier alpha value is -2.64. The fourth-order valence-corrected chi connectivity index (χ4v) is 9.77. The number of hydrogen-bond donors (Lipinski definition) is 6. The van der Waals surface area contributed by atoms with Crippen LogP contribution in [0.2, 0.25) is 0 Å². The van der Waals surface area contributed by atoms with Crippen molar-refractivity contribution in [1.29, 1.82) is 0 Å². The maximum absolute atomic E-state index is 13.4. The van der Waals surface area contributed by atoms with Gasteiger partial charge in [0.1, 0.15) is 24.4 Å². The van der Waals surface area contributed by atoms with Crippen LogP contribution >= 0.6 is 0 Å². The van der Waals surface area contributed by atoms with Crippen LogP contribution in [0.25, 0.3) is 0 Å². The van der Waals surface area contributed by atoms with Crippen molar-refractivity contribution < 1.29 is 49.3 Å². The van der Waals surface area contributed by atoms with Crippen LogP contribution in [0.15, 0.2) is 60.8 Å². The van der Waals surface area contributed by atoms with Crippen LogP contribution < -0.4 is 5.32 Å². The summed E-state index contributed by atoms with van der Waals surface area (Å²) >= 11 is 0. The van der Waals surface area contributed by atoms with E-state index in [2.05, 4.69) is 74.7 Å². The fraction of sp³-hybridized carbons (Fsp3) is 0.818. The van der Waals surface area contributed by atoms with E-state index in [-0.39, 0.29) is 19.4 Å². The molecule has 1 rings (SSSR count). The molecule has 8 unspecified atom stereocenters. The van der Waals surface area contributed by atoms with E-state index in [0.29, 0.717) is 12.8 Å². The standard InChI is InChI=1S/C66H119NO10/c1-4-7-10-13-16-19-22-24-26-28-30-32-34-36-39-42-45-48-51-54-61(71)77-64-63(73)62(72)60(55-68)76-66(64)75-56-57(58(69)52-49-46-43-40-37-21-18-15-12-9-6-3)67-65(74)59(70)53-50-47-44-41-38-35-33-31-29-27-25-23-20-17-14-11-8-5-2/h17,20,24-27,31,33,49,52,57-60,62-64,66,68-70,72-73H,4-16,18-19,21-23,28-30,32,34-48,50-51,53-56H2,1-3H3,(H,67,74)/b20-17-,26-24+,27-25-,33-31-,52-49+. The number of aliphatic hydroxyl groups excluding tert-OH is 5. The first-order valence-electron chi connectivity index (χ1n) is 32.1. The van der Waals surface area contributed by atoms with Crippen molar-refractivity contribution in [2.24, 2.45) is 0 Å². The zero-order valence-electron chi connectivity index (χ0n) is 49.6. The third-order valence-corrected chi connectivity index (χ3v) is 14.9. The summed E-state index contributed by atoms with van der Waals surface area (Å²) in [5.41, 5.74) is 0. The molecule has 0 radical (unpaired) electrons. The summed E-state index contributed by atoms with van der Waals surface area (Å²) in [7, 11) is 0. The van der Waals surface area contributed by atoms with E-state index in [4.69, 9.17) is 14.2 Å². The third-order valence-electron chi connectivity index (χ3n) is 14.9. The molecule has 0 saturated carbocycles. The number of nitrogens with one attached hydrogen (secondary N) is 1. The molecule has 448 valence electrons. The Balaban J connectivity index is 2.65. The Morgan fingerprint density at radius 3 is 1.38 bits per heavy atom. The van der Waals surface area contributed by atoms with Gasteiger partial charge in [0.05, 0.1) is 25.4 Å². The highest BCUT2D eigenvalue weighted by Gasteiger charge is 2.47. The molecule has 1 amide bonds. The Labute approximate surface area is 471 Å². The lowest BCUT2D eigenvalue weighted by molar-refractivity contribution is -0.305. The highest BCUT2D eigenvalue weighted by molar-refractivity contribution is 5.80. The summed E-state index contributed by atoms with van der Waals surface area (Å²) in [6.45, 7) is 5.75. The summed E-state index contributed by atoms with van der Waals surface area (Å²) in [6, 6.07) is -1.03. The molecule has 1 saturated heterocycles. The van der Waals surface area contributed by atoms with E-state index >= 15 is 0 Å². The van der Waals surface area contributed by atoms with E-state index in [1.165, 1.54) is 154 Å². The van der Waals surface area contributed by atoms with Gasteiger partial charge in [-0.1, -0.05) is 248 Å². The normalized spacial score (nSPS) is 19.4. The number of esters is 1. The number of carbonyl (C=O) groups excluding carboxylic acids is 2. The van der Waals surface area contributed by atoms with Crippen molar-refractivity contribution >= 4 is 11.9 Å². The molecule has 6 N–H and O–H groups in total. The molecule has 11 nitrogen and oxygen atoms in total. The average Bonchev–Trinajstić information content (AvgIpc) is 3.43. The van der Waals surface area contributed by atoms with Gasteiger partial charge in [0, 0.05) is 6.42 Å². The molecule has 0 aromatic carbocycles. The summed E-state index contributed by atoms with van der Waals surface area (Å²) in [4.78, 5) is 26.6. The zero-order chi connectivity index (χ0) is 56.1. The number of aliphatic hydroxyl groups is 5. The van der Waals surface area contributed by atoms with E-state index in [0.717, 1.165) is 83.5 Å². The van der Waals surface area contributed by atoms with E-state index < -0.39 is 67.4 Å². The minimum Gasteiger partial charge on any atom is -0.454 e. The van der Waals surface area contributed by atoms with Gasteiger partial charge >= 0.3 is 5.97 Å². The minimum atomic E-state index is -1.62. The first-order chi connectivity index (χ1) is 37.7. The summed E-state index contributed by atoms with van der Waals surface area (Å²) in [6.07, 6.45) is 56.8. The number of carbonyl (C=O) groups is 2. The summed E-state index contributed by atoms with van der Waals surface area (Å²) < 4.78 is 17.6.